The van der Waals surface area contributed by atoms with Crippen LogP contribution < -0.4 is 11.1 Å². The van der Waals surface area contributed by atoms with Crippen LogP contribution in [0.2, 0.25) is 0 Å². The molecule has 3 nitrogen and oxygen atoms in total. The summed E-state index contributed by atoms with van der Waals surface area (Å²) in [6, 6.07) is 0. The second kappa shape index (κ2) is 6.11. The van der Waals surface area contributed by atoms with E-state index in [1.807, 2.05) is 6.92 Å². The first-order valence-corrected chi connectivity index (χ1v) is 5.88. The van der Waals surface area contributed by atoms with Crippen molar-refractivity contribution in [2.24, 2.45) is 17.6 Å². The molecular weight excluding hydrogens is 188 g/mol. The molecule has 0 aromatic heterocycles. The maximum Gasteiger partial charge on any atom is 0.223 e. The first-order chi connectivity index (χ1) is 6.86. The van der Waals surface area contributed by atoms with Crippen LogP contribution in [-0.2, 0) is 4.79 Å². The quantitative estimate of drug-likeness (QED) is 0.709. The largest absolute Gasteiger partial charge is 0.351 e. The lowest BCUT2D eigenvalue weighted by Crippen LogP contribution is -2.49. The van der Waals surface area contributed by atoms with Crippen molar-refractivity contribution in [3.63, 3.8) is 0 Å². The van der Waals surface area contributed by atoms with Gasteiger partial charge in [0.1, 0.15) is 0 Å². The lowest BCUT2D eigenvalue weighted by Gasteiger charge is -2.31. The first kappa shape index (κ1) is 14.4. The van der Waals surface area contributed by atoms with E-state index in [4.69, 9.17) is 5.73 Å². The predicted molar refractivity (Wildman–Crippen MR) is 64.5 cm³/mol. The van der Waals surface area contributed by atoms with E-state index in [0.29, 0.717) is 12.5 Å². The lowest BCUT2D eigenvalue weighted by atomic mass is 9.91. The third-order valence-corrected chi connectivity index (χ3v) is 3.31. The van der Waals surface area contributed by atoms with Gasteiger partial charge in [-0.2, -0.15) is 0 Å². The summed E-state index contributed by atoms with van der Waals surface area (Å²) in [6.07, 6.45) is 1.75. The normalized spacial score (nSPS) is 17.3. The van der Waals surface area contributed by atoms with Gasteiger partial charge in [0.25, 0.3) is 0 Å². The van der Waals surface area contributed by atoms with Gasteiger partial charge in [0.05, 0.1) is 0 Å². The number of carbonyl (C=O) groups is 1. The fourth-order valence-corrected chi connectivity index (χ4v) is 1.36. The number of amides is 1. The van der Waals surface area contributed by atoms with Gasteiger partial charge in [0.2, 0.25) is 5.91 Å². The van der Waals surface area contributed by atoms with Gasteiger partial charge in [-0.1, -0.05) is 27.7 Å². The van der Waals surface area contributed by atoms with E-state index in [-0.39, 0.29) is 17.4 Å². The Labute approximate surface area is 93.8 Å². The number of carbonyl (C=O) groups excluding carboxylic acids is 1. The number of nitrogens with one attached hydrogen (secondary N) is 1. The molecule has 0 aromatic carbocycles. The second-order valence-corrected chi connectivity index (χ2v) is 4.97. The molecule has 3 heteroatoms. The molecule has 0 fully saturated rings. The van der Waals surface area contributed by atoms with E-state index in [0.717, 1.165) is 12.8 Å². The van der Waals surface area contributed by atoms with Crippen molar-refractivity contribution in [1.82, 2.24) is 5.32 Å². The van der Waals surface area contributed by atoms with Crippen LogP contribution in [0.25, 0.3) is 0 Å². The van der Waals surface area contributed by atoms with E-state index >= 15 is 0 Å². The third kappa shape index (κ3) is 4.65. The van der Waals surface area contributed by atoms with Crippen LogP contribution in [0.3, 0.4) is 0 Å². The van der Waals surface area contributed by atoms with Gasteiger partial charge < -0.3 is 11.1 Å². The SMILES string of the molecule is CCC(C)(CCN)NC(=O)C(C)C(C)C. The van der Waals surface area contributed by atoms with Crippen molar-refractivity contribution in [3.05, 3.63) is 0 Å². The Kier molecular flexibility index (Phi) is 5.88. The van der Waals surface area contributed by atoms with Crippen molar-refractivity contribution in [2.45, 2.75) is 53.0 Å². The molecule has 0 aliphatic rings. The Morgan fingerprint density at radius 1 is 1.40 bits per heavy atom. The highest BCUT2D eigenvalue weighted by Gasteiger charge is 2.26. The Hall–Kier alpha value is -0.570. The first-order valence-electron chi connectivity index (χ1n) is 5.88. The Morgan fingerprint density at radius 2 is 1.93 bits per heavy atom. The van der Waals surface area contributed by atoms with Crippen molar-refractivity contribution in [2.75, 3.05) is 6.54 Å². The van der Waals surface area contributed by atoms with Gasteiger partial charge in [-0.25, -0.2) is 0 Å². The highest BCUT2D eigenvalue weighted by Crippen LogP contribution is 2.16. The third-order valence-electron chi connectivity index (χ3n) is 3.31. The molecule has 3 N–H and O–H groups in total. The number of hydrogen-bond acceptors (Lipinski definition) is 2. The number of nitrogens with two attached hydrogens (primary N) is 1. The molecule has 0 saturated carbocycles. The summed E-state index contributed by atoms with van der Waals surface area (Å²) >= 11 is 0. The Bertz CT molecular complexity index is 204. The molecule has 0 heterocycles. The Balaban J connectivity index is 4.36. The van der Waals surface area contributed by atoms with Gasteiger partial charge in [-0.15, -0.1) is 0 Å². The molecule has 0 saturated heterocycles. The maximum atomic E-state index is 11.9. The smallest absolute Gasteiger partial charge is 0.223 e. The van der Waals surface area contributed by atoms with Gasteiger partial charge in [0, 0.05) is 11.5 Å². The fourth-order valence-electron chi connectivity index (χ4n) is 1.36. The summed E-state index contributed by atoms with van der Waals surface area (Å²) in [5.41, 5.74) is 5.41. The van der Waals surface area contributed by atoms with E-state index in [1.165, 1.54) is 0 Å². The van der Waals surface area contributed by atoms with Crippen LogP contribution in [0.5, 0.6) is 0 Å². The molecule has 0 aliphatic carbocycles. The van der Waals surface area contributed by atoms with E-state index < -0.39 is 0 Å². The summed E-state index contributed by atoms with van der Waals surface area (Å²) in [5, 5.41) is 3.11. The van der Waals surface area contributed by atoms with Crippen LogP contribution in [0, 0.1) is 11.8 Å². The Morgan fingerprint density at radius 3 is 2.27 bits per heavy atom. The fraction of sp³-hybridized carbons (Fsp3) is 0.917. The van der Waals surface area contributed by atoms with Crippen molar-refractivity contribution in [1.29, 1.82) is 0 Å². The van der Waals surface area contributed by atoms with Crippen molar-refractivity contribution >= 4 is 5.91 Å². The zero-order valence-electron chi connectivity index (χ0n) is 10.8. The maximum absolute atomic E-state index is 11.9. The second-order valence-electron chi connectivity index (χ2n) is 4.97. The van der Waals surface area contributed by atoms with Crippen LogP contribution >= 0.6 is 0 Å². The van der Waals surface area contributed by atoms with Crippen LogP contribution in [-0.4, -0.2) is 18.0 Å². The molecule has 0 bridgehead atoms. The molecular formula is C12H26N2O. The van der Waals surface area contributed by atoms with E-state index in [9.17, 15) is 4.79 Å². The van der Waals surface area contributed by atoms with Gasteiger partial charge in [0.15, 0.2) is 0 Å². The number of hydrogen-bond donors (Lipinski definition) is 2. The van der Waals surface area contributed by atoms with Crippen molar-refractivity contribution in [3.8, 4) is 0 Å². The summed E-state index contributed by atoms with van der Waals surface area (Å²) < 4.78 is 0. The molecule has 2 unspecified atom stereocenters. The monoisotopic (exact) mass is 214 g/mol. The summed E-state index contributed by atoms with van der Waals surface area (Å²) in [6.45, 7) is 10.9. The van der Waals surface area contributed by atoms with Crippen LogP contribution in [0.1, 0.15) is 47.5 Å². The molecule has 0 rings (SSSR count). The molecule has 90 valence electrons. The predicted octanol–water partition coefficient (Wildman–Crippen LogP) is 1.91. The zero-order valence-corrected chi connectivity index (χ0v) is 10.8. The van der Waals surface area contributed by atoms with Crippen LogP contribution in [0.4, 0.5) is 0 Å². The van der Waals surface area contributed by atoms with E-state index in [1.54, 1.807) is 0 Å². The van der Waals surface area contributed by atoms with Gasteiger partial charge >= 0.3 is 0 Å². The minimum Gasteiger partial charge on any atom is -0.351 e. The summed E-state index contributed by atoms with van der Waals surface area (Å²) in [4.78, 5) is 11.9. The van der Waals surface area contributed by atoms with Crippen molar-refractivity contribution < 1.29 is 4.79 Å². The molecule has 0 spiro atoms. The van der Waals surface area contributed by atoms with Crippen LogP contribution in [0.15, 0.2) is 0 Å². The highest BCUT2D eigenvalue weighted by molar-refractivity contribution is 5.79. The lowest BCUT2D eigenvalue weighted by molar-refractivity contribution is -0.127. The number of rotatable bonds is 6. The molecule has 1 amide bonds. The molecule has 0 aromatic rings. The summed E-state index contributed by atoms with van der Waals surface area (Å²) in [7, 11) is 0. The van der Waals surface area contributed by atoms with E-state index in [2.05, 4.69) is 33.0 Å². The topological polar surface area (TPSA) is 55.1 Å². The average molecular weight is 214 g/mol. The zero-order chi connectivity index (χ0) is 12.1. The molecule has 15 heavy (non-hydrogen) atoms. The molecule has 0 radical (unpaired) electrons. The summed E-state index contributed by atoms with van der Waals surface area (Å²) in [5.74, 6) is 0.584. The molecule has 2 atom stereocenters. The minimum atomic E-state index is -0.144. The minimum absolute atomic E-state index is 0.0636. The highest BCUT2D eigenvalue weighted by atomic mass is 16.2. The van der Waals surface area contributed by atoms with Gasteiger partial charge in [-0.3, -0.25) is 4.79 Å². The average Bonchev–Trinajstić information content (AvgIpc) is 2.16. The standard InChI is InChI=1S/C12H26N2O/c1-6-12(5,7-8-13)14-11(15)10(4)9(2)3/h9-10H,6-8,13H2,1-5H3,(H,14,15). The molecule has 0 aliphatic heterocycles. The van der Waals surface area contributed by atoms with Gasteiger partial charge in [-0.05, 0) is 32.2 Å².